The molecule has 1 aromatic carbocycles. The van der Waals surface area contributed by atoms with Gasteiger partial charge in [-0.25, -0.2) is 15.0 Å². The first-order valence-corrected chi connectivity index (χ1v) is 10.3. The molecule has 0 spiro atoms. The molecular formula is C22H27N7O. The topological polar surface area (TPSA) is 90.0 Å². The molecule has 8 heteroatoms. The summed E-state index contributed by atoms with van der Waals surface area (Å²) in [5, 5.41) is 3.17. The van der Waals surface area contributed by atoms with Crippen LogP contribution in [-0.2, 0) is 0 Å². The number of aryl methyl sites for hydroxylation is 2. The number of piperazine rings is 1. The van der Waals surface area contributed by atoms with Crippen LogP contribution in [0.4, 0.5) is 17.6 Å². The highest BCUT2D eigenvalue weighted by Crippen LogP contribution is 2.22. The number of hydrogen-bond donors (Lipinski definition) is 2. The van der Waals surface area contributed by atoms with Crippen molar-refractivity contribution in [2.45, 2.75) is 20.8 Å². The first-order valence-electron chi connectivity index (χ1n) is 10.3. The van der Waals surface area contributed by atoms with Gasteiger partial charge in [-0.2, -0.15) is 0 Å². The number of benzene rings is 1. The van der Waals surface area contributed by atoms with Crippen molar-refractivity contribution in [3.8, 4) is 11.3 Å². The van der Waals surface area contributed by atoms with Gasteiger partial charge in [0.15, 0.2) is 0 Å². The van der Waals surface area contributed by atoms with Gasteiger partial charge in [-0.3, -0.25) is 9.78 Å². The molecular weight excluding hydrogens is 378 g/mol. The number of anilines is 3. The standard InChI is InChI=1S/C22H27N7O/c1-4-28-8-10-29(11-9-28)22-23-14-18(16(3)24-22)19-13-20(30)27-21(26-19)25-17-7-5-6-15(2)12-17/h5-7,12-14H,4,8-11H2,1-3H3,(H2,25,26,27,30). The summed E-state index contributed by atoms with van der Waals surface area (Å²) in [6.45, 7) is 11.1. The fourth-order valence-corrected chi connectivity index (χ4v) is 3.64. The largest absolute Gasteiger partial charge is 0.338 e. The Labute approximate surface area is 176 Å². The Morgan fingerprint density at radius 3 is 2.60 bits per heavy atom. The van der Waals surface area contributed by atoms with Crippen molar-refractivity contribution in [2.75, 3.05) is 42.9 Å². The lowest BCUT2D eigenvalue weighted by Gasteiger charge is -2.34. The summed E-state index contributed by atoms with van der Waals surface area (Å²) in [6.07, 6.45) is 1.77. The lowest BCUT2D eigenvalue weighted by molar-refractivity contribution is 0.270. The number of aromatic amines is 1. The summed E-state index contributed by atoms with van der Waals surface area (Å²) in [4.78, 5) is 33.5. The van der Waals surface area contributed by atoms with E-state index in [9.17, 15) is 4.79 Å². The minimum absolute atomic E-state index is 0.227. The van der Waals surface area contributed by atoms with Gasteiger partial charge in [0.25, 0.3) is 5.56 Å². The number of aromatic nitrogens is 4. The number of nitrogens with zero attached hydrogens (tertiary/aromatic N) is 5. The quantitative estimate of drug-likeness (QED) is 0.674. The normalized spacial score (nSPS) is 14.7. The second-order valence-corrected chi connectivity index (χ2v) is 7.56. The van der Waals surface area contributed by atoms with Gasteiger partial charge in [-0.15, -0.1) is 0 Å². The molecule has 1 aliphatic heterocycles. The minimum atomic E-state index is -0.227. The third-order valence-electron chi connectivity index (χ3n) is 5.37. The van der Waals surface area contributed by atoms with Crippen LogP contribution in [0.1, 0.15) is 18.2 Å². The Bertz CT molecular complexity index is 1090. The Morgan fingerprint density at radius 1 is 1.10 bits per heavy atom. The Balaban J connectivity index is 1.58. The molecule has 30 heavy (non-hydrogen) atoms. The molecule has 156 valence electrons. The molecule has 3 heterocycles. The molecule has 1 saturated heterocycles. The Kier molecular flexibility index (Phi) is 5.76. The maximum absolute atomic E-state index is 12.2. The SMILES string of the molecule is CCN1CCN(c2ncc(-c3cc(=O)[nH]c(Nc4cccc(C)c4)n3)c(C)n2)CC1. The van der Waals surface area contributed by atoms with Gasteiger partial charge in [0.05, 0.1) is 11.4 Å². The number of likely N-dealkylation sites (N-methyl/N-ethyl adjacent to an activating group) is 1. The first kappa shape index (κ1) is 20.0. The minimum Gasteiger partial charge on any atom is -0.338 e. The number of hydrogen-bond acceptors (Lipinski definition) is 7. The maximum Gasteiger partial charge on any atom is 0.252 e. The zero-order valence-electron chi connectivity index (χ0n) is 17.6. The zero-order chi connectivity index (χ0) is 21.1. The second kappa shape index (κ2) is 8.62. The van der Waals surface area contributed by atoms with E-state index in [1.807, 2.05) is 38.1 Å². The van der Waals surface area contributed by atoms with Crippen molar-refractivity contribution in [2.24, 2.45) is 0 Å². The van der Waals surface area contributed by atoms with Crippen LogP contribution in [0.5, 0.6) is 0 Å². The van der Waals surface area contributed by atoms with E-state index in [4.69, 9.17) is 4.98 Å². The molecule has 0 amide bonds. The monoisotopic (exact) mass is 405 g/mol. The lowest BCUT2D eigenvalue weighted by Crippen LogP contribution is -2.46. The van der Waals surface area contributed by atoms with E-state index in [1.54, 1.807) is 6.20 Å². The molecule has 4 rings (SSSR count). The molecule has 1 aliphatic rings. The fourth-order valence-electron chi connectivity index (χ4n) is 3.64. The third-order valence-corrected chi connectivity index (χ3v) is 5.37. The summed E-state index contributed by atoms with van der Waals surface area (Å²) in [6, 6.07) is 9.38. The van der Waals surface area contributed by atoms with Crippen LogP contribution < -0.4 is 15.8 Å². The summed E-state index contributed by atoms with van der Waals surface area (Å²) in [5.74, 6) is 1.12. The van der Waals surface area contributed by atoms with Gasteiger partial charge in [-0.1, -0.05) is 19.1 Å². The number of H-pyrrole nitrogens is 1. The average Bonchev–Trinajstić information content (AvgIpc) is 2.73. The Hall–Kier alpha value is -3.26. The van der Waals surface area contributed by atoms with Crippen LogP contribution in [0.15, 0.2) is 41.3 Å². The predicted molar refractivity (Wildman–Crippen MR) is 119 cm³/mol. The van der Waals surface area contributed by atoms with Crippen molar-refractivity contribution in [1.82, 2.24) is 24.8 Å². The molecule has 2 aromatic heterocycles. The van der Waals surface area contributed by atoms with Crippen molar-refractivity contribution in [1.29, 1.82) is 0 Å². The first-order chi connectivity index (χ1) is 14.5. The summed E-state index contributed by atoms with van der Waals surface area (Å²) in [7, 11) is 0. The highest BCUT2D eigenvalue weighted by Gasteiger charge is 2.19. The second-order valence-electron chi connectivity index (χ2n) is 7.56. The lowest BCUT2D eigenvalue weighted by atomic mass is 10.1. The molecule has 0 atom stereocenters. The van der Waals surface area contributed by atoms with Crippen LogP contribution in [0.25, 0.3) is 11.3 Å². The van der Waals surface area contributed by atoms with Crippen molar-refractivity contribution in [3.63, 3.8) is 0 Å². The molecule has 0 aliphatic carbocycles. The van der Waals surface area contributed by atoms with Crippen molar-refractivity contribution >= 4 is 17.6 Å². The number of nitrogens with one attached hydrogen (secondary N) is 2. The Morgan fingerprint density at radius 2 is 1.90 bits per heavy atom. The third kappa shape index (κ3) is 4.49. The van der Waals surface area contributed by atoms with Crippen LogP contribution in [0.2, 0.25) is 0 Å². The molecule has 0 bridgehead atoms. The zero-order valence-corrected chi connectivity index (χ0v) is 17.6. The predicted octanol–water partition coefficient (Wildman–Crippen LogP) is 2.73. The molecule has 3 aromatic rings. The summed E-state index contributed by atoms with van der Waals surface area (Å²) < 4.78 is 0. The fraction of sp³-hybridized carbons (Fsp3) is 0.364. The highest BCUT2D eigenvalue weighted by atomic mass is 16.1. The van der Waals surface area contributed by atoms with E-state index in [0.29, 0.717) is 11.6 Å². The molecule has 2 N–H and O–H groups in total. The summed E-state index contributed by atoms with van der Waals surface area (Å²) in [5.41, 5.74) is 3.87. The van der Waals surface area contributed by atoms with Crippen molar-refractivity contribution < 1.29 is 0 Å². The van der Waals surface area contributed by atoms with Crippen LogP contribution in [0.3, 0.4) is 0 Å². The molecule has 1 fully saturated rings. The smallest absolute Gasteiger partial charge is 0.252 e. The van der Waals surface area contributed by atoms with Gasteiger partial charge in [0.1, 0.15) is 0 Å². The van der Waals surface area contributed by atoms with Gasteiger partial charge in [0.2, 0.25) is 11.9 Å². The molecule has 0 unspecified atom stereocenters. The van der Waals surface area contributed by atoms with E-state index < -0.39 is 0 Å². The van der Waals surface area contributed by atoms with Gasteiger partial charge in [0, 0.05) is 49.7 Å². The average molecular weight is 406 g/mol. The molecule has 8 nitrogen and oxygen atoms in total. The van der Waals surface area contributed by atoms with Crippen molar-refractivity contribution in [3.05, 3.63) is 58.1 Å². The van der Waals surface area contributed by atoms with Gasteiger partial charge < -0.3 is 15.1 Å². The van der Waals surface area contributed by atoms with E-state index in [0.717, 1.165) is 61.2 Å². The number of rotatable bonds is 5. The van der Waals surface area contributed by atoms with Crippen LogP contribution in [0, 0.1) is 13.8 Å². The van der Waals surface area contributed by atoms with Crippen LogP contribution in [-0.4, -0.2) is 57.6 Å². The highest BCUT2D eigenvalue weighted by molar-refractivity contribution is 5.64. The van der Waals surface area contributed by atoms with Gasteiger partial charge in [-0.05, 0) is 38.1 Å². The summed E-state index contributed by atoms with van der Waals surface area (Å²) >= 11 is 0. The molecule has 0 saturated carbocycles. The maximum atomic E-state index is 12.2. The van der Waals surface area contributed by atoms with Crippen LogP contribution >= 0.6 is 0 Å². The van der Waals surface area contributed by atoms with Gasteiger partial charge >= 0.3 is 0 Å². The van der Waals surface area contributed by atoms with E-state index >= 15 is 0 Å². The van der Waals surface area contributed by atoms with E-state index in [2.05, 4.69) is 37.0 Å². The van der Waals surface area contributed by atoms with E-state index in [1.165, 1.54) is 6.07 Å². The molecule has 0 radical (unpaired) electrons. The van der Waals surface area contributed by atoms with E-state index in [-0.39, 0.29) is 5.56 Å².